The van der Waals surface area contributed by atoms with Crippen LogP contribution in [0.5, 0.6) is 0 Å². The van der Waals surface area contributed by atoms with E-state index in [0.29, 0.717) is 11.7 Å². The first-order chi connectivity index (χ1) is 17.5. The molecule has 8 heteroatoms. The van der Waals surface area contributed by atoms with Crippen molar-refractivity contribution in [3.05, 3.63) is 12.2 Å². The van der Waals surface area contributed by atoms with E-state index in [2.05, 4.69) is 29.7 Å². The number of rotatable bonds is 21. The SMILES string of the molecule is CCCCCC[C@H](CC=CCCCCCCCC(=O)O)OC(=O)CCCC[C@@H]1SC[C@@H]2NC(=O)N[C@@H]21. The van der Waals surface area contributed by atoms with E-state index in [0.717, 1.165) is 82.8 Å². The van der Waals surface area contributed by atoms with Crippen LogP contribution in [-0.2, 0) is 14.3 Å². The van der Waals surface area contributed by atoms with E-state index in [1.165, 1.54) is 19.3 Å². The highest BCUT2D eigenvalue weighted by Crippen LogP contribution is 2.33. The van der Waals surface area contributed by atoms with Crippen LogP contribution in [0.15, 0.2) is 12.2 Å². The predicted molar refractivity (Wildman–Crippen MR) is 146 cm³/mol. The molecule has 0 aliphatic carbocycles. The lowest BCUT2D eigenvalue weighted by Crippen LogP contribution is -2.36. The molecular formula is C28H48N2O5S. The maximum Gasteiger partial charge on any atom is 0.315 e. The second kappa shape index (κ2) is 18.5. The van der Waals surface area contributed by atoms with E-state index in [-0.39, 0.29) is 36.6 Å². The summed E-state index contributed by atoms with van der Waals surface area (Å²) in [5.74, 6) is 0.177. The molecule has 0 aromatic heterocycles. The maximum atomic E-state index is 12.5. The first-order valence-corrected chi connectivity index (χ1v) is 15.3. The minimum Gasteiger partial charge on any atom is -0.481 e. The zero-order chi connectivity index (χ0) is 26.0. The summed E-state index contributed by atoms with van der Waals surface area (Å²) in [4.78, 5) is 34.6. The van der Waals surface area contributed by atoms with Gasteiger partial charge in [-0.25, -0.2) is 4.79 Å². The number of carboxylic acids is 1. The molecule has 2 heterocycles. The quantitative estimate of drug-likeness (QED) is 0.0699. The third-order valence-corrected chi connectivity index (χ3v) is 8.57. The van der Waals surface area contributed by atoms with Crippen molar-refractivity contribution in [1.29, 1.82) is 0 Å². The Morgan fingerprint density at radius 3 is 2.56 bits per heavy atom. The van der Waals surface area contributed by atoms with Crippen molar-refractivity contribution in [1.82, 2.24) is 10.6 Å². The molecule has 7 nitrogen and oxygen atoms in total. The first-order valence-electron chi connectivity index (χ1n) is 14.2. The van der Waals surface area contributed by atoms with Gasteiger partial charge in [0.2, 0.25) is 0 Å². The molecule has 2 aliphatic rings. The van der Waals surface area contributed by atoms with Crippen LogP contribution in [0.2, 0.25) is 0 Å². The van der Waals surface area contributed by atoms with Gasteiger partial charge in [0.05, 0.1) is 12.1 Å². The number of allylic oxidation sites excluding steroid dienone is 1. The van der Waals surface area contributed by atoms with E-state index in [9.17, 15) is 14.4 Å². The van der Waals surface area contributed by atoms with Gasteiger partial charge in [-0.05, 0) is 44.9 Å². The van der Waals surface area contributed by atoms with Crippen molar-refractivity contribution in [3.8, 4) is 0 Å². The fourth-order valence-electron chi connectivity index (χ4n) is 4.96. The van der Waals surface area contributed by atoms with Crippen LogP contribution in [0.1, 0.15) is 116 Å². The van der Waals surface area contributed by atoms with Crippen molar-refractivity contribution in [2.45, 2.75) is 140 Å². The normalized spacial score (nSPS) is 21.8. The van der Waals surface area contributed by atoms with Crippen molar-refractivity contribution in [2.75, 3.05) is 5.75 Å². The van der Waals surface area contributed by atoms with Crippen LogP contribution in [-0.4, -0.2) is 52.3 Å². The molecule has 0 bridgehead atoms. The number of fused-ring (bicyclic) bond motifs is 1. The predicted octanol–water partition coefficient (Wildman–Crippen LogP) is 6.36. The lowest BCUT2D eigenvalue weighted by Gasteiger charge is -2.18. The Hall–Kier alpha value is -1.70. The maximum absolute atomic E-state index is 12.5. The number of nitrogens with one attached hydrogen (secondary N) is 2. The molecule has 2 fully saturated rings. The monoisotopic (exact) mass is 524 g/mol. The van der Waals surface area contributed by atoms with Gasteiger partial charge in [-0.15, -0.1) is 0 Å². The summed E-state index contributed by atoms with van der Waals surface area (Å²) < 4.78 is 5.87. The Bertz CT molecular complexity index is 687. The third-order valence-electron chi connectivity index (χ3n) is 7.06. The van der Waals surface area contributed by atoms with E-state index in [1.807, 2.05) is 11.8 Å². The number of urea groups is 1. The fraction of sp³-hybridized carbons (Fsp3) is 0.821. The minimum atomic E-state index is -0.706. The molecule has 206 valence electrons. The molecule has 3 N–H and O–H groups in total. The Morgan fingerprint density at radius 2 is 1.75 bits per heavy atom. The number of carbonyl (C=O) groups excluding carboxylic acids is 2. The van der Waals surface area contributed by atoms with Gasteiger partial charge in [0, 0.05) is 30.3 Å². The zero-order valence-corrected chi connectivity index (χ0v) is 23.0. The van der Waals surface area contributed by atoms with Crippen molar-refractivity contribution < 1.29 is 24.2 Å². The fourth-order valence-corrected chi connectivity index (χ4v) is 6.50. The van der Waals surface area contributed by atoms with Crippen LogP contribution >= 0.6 is 11.8 Å². The second-order valence-electron chi connectivity index (χ2n) is 10.2. The van der Waals surface area contributed by atoms with Crippen LogP contribution in [0.4, 0.5) is 4.79 Å². The molecule has 0 spiro atoms. The van der Waals surface area contributed by atoms with E-state index in [4.69, 9.17) is 9.84 Å². The Morgan fingerprint density at radius 1 is 1.00 bits per heavy atom. The zero-order valence-electron chi connectivity index (χ0n) is 22.2. The van der Waals surface area contributed by atoms with E-state index < -0.39 is 5.97 Å². The smallest absolute Gasteiger partial charge is 0.315 e. The molecule has 0 saturated carbocycles. The molecule has 0 radical (unpaired) electrons. The second-order valence-corrected chi connectivity index (χ2v) is 11.5. The summed E-state index contributed by atoms with van der Waals surface area (Å²) in [5, 5.41) is 15.1. The Labute approximate surface area is 222 Å². The number of hydrogen-bond acceptors (Lipinski definition) is 5. The highest BCUT2D eigenvalue weighted by molar-refractivity contribution is 8.00. The topological polar surface area (TPSA) is 105 Å². The molecule has 4 atom stereocenters. The average Bonchev–Trinajstić information content (AvgIpc) is 3.39. The summed E-state index contributed by atoms with van der Waals surface area (Å²) in [7, 11) is 0. The summed E-state index contributed by atoms with van der Waals surface area (Å²) in [6.07, 6.45) is 20.4. The number of unbranched alkanes of at least 4 members (excludes halogenated alkanes) is 9. The van der Waals surface area contributed by atoms with Gasteiger partial charge in [-0.2, -0.15) is 11.8 Å². The number of carboxylic acid groups (broad SMARTS) is 1. The Kier molecular flexibility index (Phi) is 15.7. The van der Waals surface area contributed by atoms with Gasteiger partial charge in [0.15, 0.2) is 0 Å². The number of ether oxygens (including phenoxy) is 1. The number of hydrogen-bond donors (Lipinski definition) is 3. The lowest BCUT2D eigenvalue weighted by molar-refractivity contribution is -0.149. The van der Waals surface area contributed by atoms with Crippen LogP contribution in [0.3, 0.4) is 0 Å². The molecule has 2 aliphatic heterocycles. The number of carbonyl (C=O) groups is 3. The highest BCUT2D eigenvalue weighted by atomic mass is 32.2. The number of aliphatic carboxylic acids is 1. The summed E-state index contributed by atoms with van der Waals surface area (Å²) in [6.45, 7) is 2.20. The van der Waals surface area contributed by atoms with Gasteiger partial charge in [0.1, 0.15) is 6.10 Å². The molecule has 2 saturated heterocycles. The van der Waals surface area contributed by atoms with Crippen LogP contribution in [0, 0.1) is 0 Å². The van der Waals surface area contributed by atoms with Crippen molar-refractivity contribution in [3.63, 3.8) is 0 Å². The van der Waals surface area contributed by atoms with E-state index in [1.54, 1.807) is 0 Å². The van der Waals surface area contributed by atoms with Gasteiger partial charge in [0.25, 0.3) is 0 Å². The average molecular weight is 525 g/mol. The Balaban J connectivity index is 1.59. The lowest BCUT2D eigenvalue weighted by atomic mass is 10.0. The van der Waals surface area contributed by atoms with Gasteiger partial charge in [-0.1, -0.05) is 64.0 Å². The van der Waals surface area contributed by atoms with Gasteiger partial charge < -0.3 is 20.5 Å². The van der Waals surface area contributed by atoms with Gasteiger partial charge in [-0.3, -0.25) is 9.59 Å². The molecule has 2 rings (SSSR count). The summed E-state index contributed by atoms with van der Waals surface area (Å²) in [6, 6.07) is 0.430. The van der Waals surface area contributed by atoms with Crippen molar-refractivity contribution >= 4 is 29.7 Å². The minimum absolute atomic E-state index is 0.0347. The van der Waals surface area contributed by atoms with Crippen LogP contribution in [0.25, 0.3) is 0 Å². The number of esters is 1. The number of amides is 2. The van der Waals surface area contributed by atoms with Gasteiger partial charge >= 0.3 is 18.0 Å². The molecule has 0 unspecified atom stereocenters. The largest absolute Gasteiger partial charge is 0.481 e. The standard InChI is InChI=1S/C28H48N2O5S/c1-2-3-4-11-16-22(17-12-9-7-5-6-8-10-13-19-25(31)32)35-26(33)20-15-14-18-24-27-23(21-36-24)29-28(34)30-27/h9,12,22-24,27H,2-8,10-11,13-21H2,1H3,(H,31,32)(H2,29,30,34)/t22-,23+,24+,27+/m1/s1. The summed E-state index contributed by atoms with van der Waals surface area (Å²) >= 11 is 1.92. The summed E-state index contributed by atoms with van der Waals surface area (Å²) in [5.41, 5.74) is 0. The molecular weight excluding hydrogens is 476 g/mol. The third kappa shape index (κ3) is 13.0. The molecule has 0 aromatic carbocycles. The number of thioether (sulfide) groups is 1. The van der Waals surface area contributed by atoms with Crippen LogP contribution < -0.4 is 10.6 Å². The molecule has 0 aromatic rings. The van der Waals surface area contributed by atoms with Crippen molar-refractivity contribution in [2.24, 2.45) is 0 Å². The first kappa shape index (κ1) is 30.5. The molecule has 2 amide bonds. The highest BCUT2D eigenvalue weighted by Gasteiger charge is 2.42. The van der Waals surface area contributed by atoms with E-state index >= 15 is 0 Å². The molecule has 36 heavy (non-hydrogen) atoms.